The van der Waals surface area contributed by atoms with Crippen molar-refractivity contribution in [2.24, 2.45) is 0 Å². The molecule has 0 atom stereocenters. The van der Waals surface area contributed by atoms with Gasteiger partial charge in [-0.05, 0) is 106 Å². The van der Waals surface area contributed by atoms with E-state index in [-0.39, 0.29) is 11.1 Å². The minimum absolute atomic E-state index is 0.0238. The van der Waals surface area contributed by atoms with Crippen molar-refractivity contribution in [3.63, 3.8) is 0 Å². The first-order valence-corrected chi connectivity index (χ1v) is 15.8. The summed E-state index contributed by atoms with van der Waals surface area (Å²) >= 11 is 0. The fourth-order valence-corrected chi connectivity index (χ4v) is 7.23. The molecule has 0 aliphatic rings. The summed E-state index contributed by atoms with van der Waals surface area (Å²) in [7, 11) is 0. The van der Waals surface area contributed by atoms with E-state index >= 15 is 13.2 Å². The number of aryl methyl sites for hydroxylation is 4. The maximum absolute atomic E-state index is 15.5. The van der Waals surface area contributed by atoms with E-state index in [9.17, 15) is 5.26 Å². The van der Waals surface area contributed by atoms with Crippen molar-refractivity contribution >= 4 is 43.6 Å². The average molecular weight is 634 g/mol. The summed E-state index contributed by atoms with van der Waals surface area (Å²) in [6.07, 6.45) is -4.71. The van der Waals surface area contributed by atoms with Crippen LogP contribution in [0.2, 0.25) is 0 Å². The summed E-state index contributed by atoms with van der Waals surface area (Å²) in [5, 5.41) is 13.7. The van der Waals surface area contributed by atoms with Gasteiger partial charge in [0.2, 0.25) is 0 Å². The molecule has 0 aliphatic carbocycles. The first-order chi connectivity index (χ1) is 23.0. The topological polar surface area (TPSA) is 33.6 Å². The Morgan fingerprint density at radius 3 is 1.44 bits per heavy atom. The molecule has 0 spiro atoms. The third-order valence-electron chi connectivity index (χ3n) is 9.34. The van der Waals surface area contributed by atoms with E-state index in [4.69, 9.17) is 0 Å². The second kappa shape index (κ2) is 10.6. The lowest BCUT2D eigenvalue weighted by Crippen LogP contribution is -2.12. The van der Waals surface area contributed by atoms with Crippen LogP contribution in [0.15, 0.2) is 109 Å². The van der Waals surface area contributed by atoms with Crippen LogP contribution >= 0.6 is 0 Å². The molecule has 0 unspecified atom stereocenters. The van der Waals surface area contributed by atoms with Gasteiger partial charge in [-0.3, -0.25) is 0 Å². The van der Waals surface area contributed by atoms with Gasteiger partial charge in [0.05, 0.1) is 45.0 Å². The van der Waals surface area contributed by atoms with Crippen LogP contribution in [0.25, 0.3) is 66.1 Å². The molecule has 6 aromatic carbocycles. The molecule has 48 heavy (non-hydrogen) atoms. The molecule has 0 aliphatic heterocycles. The maximum Gasteiger partial charge on any atom is 0.417 e. The Labute approximate surface area is 275 Å². The van der Waals surface area contributed by atoms with Crippen molar-refractivity contribution < 1.29 is 13.2 Å². The summed E-state index contributed by atoms with van der Waals surface area (Å²) in [5.74, 6) is 0. The Morgan fingerprint density at radius 1 is 0.542 bits per heavy atom. The van der Waals surface area contributed by atoms with Crippen LogP contribution in [0.5, 0.6) is 0 Å². The van der Waals surface area contributed by atoms with Gasteiger partial charge < -0.3 is 9.13 Å². The molecule has 0 amide bonds. The summed E-state index contributed by atoms with van der Waals surface area (Å²) in [6, 6.07) is 36.0. The highest BCUT2D eigenvalue weighted by Gasteiger charge is 2.37. The number of nitrogens with zero attached hydrogens (tertiary/aromatic N) is 3. The molecule has 0 saturated carbocycles. The van der Waals surface area contributed by atoms with Crippen molar-refractivity contribution in [3.8, 4) is 28.6 Å². The largest absolute Gasteiger partial charge is 0.417 e. The molecule has 0 saturated heterocycles. The fraction of sp³-hybridized carbons (Fsp3) is 0.119. The van der Waals surface area contributed by atoms with Crippen LogP contribution in [-0.4, -0.2) is 9.13 Å². The highest BCUT2D eigenvalue weighted by molar-refractivity contribution is 6.11. The fourth-order valence-electron chi connectivity index (χ4n) is 7.23. The van der Waals surface area contributed by atoms with Gasteiger partial charge in [0.15, 0.2) is 0 Å². The standard InChI is InChI=1S/C42H30F3N3/c1-24-8-12-36-31(16-24)32-17-25(2)9-13-37(32)47(36)30-21-35(42(43,44)45)41(29-7-5-6-28(20-29)23-46)40(22-30)48-38-14-10-26(3)18-33(38)34-19-27(4)11-15-39(34)48/h5-22H,1-4H3. The van der Waals surface area contributed by atoms with Crippen molar-refractivity contribution in [1.82, 2.24) is 9.13 Å². The molecule has 234 valence electrons. The molecule has 0 fully saturated rings. The van der Waals surface area contributed by atoms with E-state index < -0.39 is 11.7 Å². The van der Waals surface area contributed by atoms with Gasteiger partial charge >= 0.3 is 6.18 Å². The predicted octanol–water partition coefficient (Wildman–Crippen LogP) is 11.7. The van der Waals surface area contributed by atoms with Crippen molar-refractivity contribution in [2.45, 2.75) is 33.9 Å². The van der Waals surface area contributed by atoms with Crippen molar-refractivity contribution in [1.29, 1.82) is 5.26 Å². The normalized spacial score (nSPS) is 12.0. The quantitative estimate of drug-likeness (QED) is 0.191. The minimum atomic E-state index is -4.71. The zero-order valence-electron chi connectivity index (χ0n) is 26.9. The van der Waals surface area contributed by atoms with Crippen molar-refractivity contribution in [3.05, 3.63) is 143 Å². The number of nitriles is 1. The first kappa shape index (κ1) is 29.6. The Kier molecular flexibility index (Phi) is 6.54. The zero-order valence-corrected chi connectivity index (χ0v) is 26.9. The van der Waals surface area contributed by atoms with Crippen LogP contribution in [0, 0.1) is 39.0 Å². The van der Waals surface area contributed by atoms with Crippen LogP contribution in [0.4, 0.5) is 13.2 Å². The third kappa shape index (κ3) is 4.57. The number of hydrogen-bond donors (Lipinski definition) is 0. The molecule has 0 N–H and O–H groups in total. The lowest BCUT2D eigenvalue weighted by Gasteiger charge is -2.22. The Morgan fingerprint density at radius 2 is 1.00 bits per heavy atom. The molecular weight excluding hydrogens is 603 g/mol. The second-order valence-electron chi connectivity index (χ2n) is 12.8. The number of halogens is 3. The molecule has 6 heteroatoms. The maximum atomic E-state index is 15.5. The van der Waals surface area contributed by atoms with E-state index in [0.717, 1.165) is 65.9 Å². The van der Waals surface area contributed by atoms with Crippen molar-refractivity contribution in [2.75, 3.05) is 0 Å². The van der Waals surface area contributed by atoms with Gasteiger partial charge in [0.1, 0.15) is 0 Å². The van der Waals surface area contributed by atoms with Crippen LogP contribution < -0.4 is 0 Å². The van der Waals surface area contributed by atoms with Gasteiger partial charge in [-0.15, -0.1) is 0 Å². The minimum Gasteiger partial charge on any atom is -0.309 e. The number of rotatable bonds is 3. The smallest absolute Gasteiger partial charge is 0.309 e. The van der Waals surface area contributed by atoms with E-state index in [2.05, 4.69) is 30.3 Å². The molecule has 3 nitrogen and oxygen atoms in total. The Balaban J connectivity index is 1.59. The summed E-state index contributed by atoms with van der Waals surface area (Å²) in [6.45, 7) is 8.08. The average Bonchev–Trinajstić information content (AvgIpc) is 3.54. The van der Waals surface area contributed by atoms with E-state index in [1.54, 1.807) is 24.3 Å². The molecule has 2 heterocycles. The number of alkyl halides is 3. The van der Waals surface area contributed by atoms with Crippen LogP contribution in [-0.2, 0) is 6.18 Å². The van der Waals surface area contributed by atoms with E-state index in [1.165, 1.54) is 6.07 Å². The van der Waals surface area contributed by atoms with E-state index in [0.29, 0.717) is 16.9 Å². The summed E-state index contributed by atoms with van der Waals surface area (Å²) in [4.78, 5) is 0. The molecule has 8 rings (SSSR count). The van der Waals surface area contributed by atoms with Gasteiger partial charge in [-0.2, -0.15) is 18.4 Å². The Hall–Kier alpha value is -5.80. The lowest BCUT2D eigenvalue weighted by atomic mass is 9.94. The predicted molar refractivity (Wildman–Crippen MR) is 189 cm³/mol. The molecule has 2 aromatic heterocycles. The summed E-state index contributed by atoms with van der Waals surface area (Å²) < 4.78 is 50.5. The molecule has 0 radical (unpaired) electrons. The van der Waals surface area contributed by atoms with Crippen LogP contribution in [0.3, 0.4) is 0 Å². The number of aromatic nitrogens is 2. The number of hydrogen-bond acceptors (Lipinski definition) is 1. The molecule has 0 bridgehead atoms. The lowest BCUT2D eigenvalue weighted by molar-refractivity contribution is -0.137. The van der Waals surface area contributed by atoms with Gasteiger partial charge in [-0.25, -0.2) is 0 Å². The SMILES string of the molecule is Cc1ccc2c(c1)c1cc(C)ccc1n2-c1cc(-n2c3ccc(C)cc3c3cc(C)ccc32)c(-c2cccc(C#N)c2)c(C(F)(F)F)c1. The summed E-state index contributed by atoms with van der Waals surface area (Å²) in [5.41, 5.74) is 8.18. The highest BCUT2D eigenvalue weighted by atomic mass is 19.4. The van der Waals surface area contributed by atoms with Gasteiger partial charge in [-0.1, -0.05) is 58.7 Å². The molecular formula is C42H30F3N3. The van der Waals surface area contributed by atoms with E-state index in [1.807, 2.05) is 91.4 Å². The second-order valence-corrected chi connectivity index (χ2v) is 12.8. The van der Waals surface area contributed by atoms with Crippen LogP contribution in [0.1, 0.15) is 33.4 Å². The monoisotopic (exact) mass is 633 g/mol. The first-order valence-electron chi connectivity index (χ1n) is 15.8. The Bertz CT molecular complexity index is 2540. The number of benzene rings is 6. The third-order valence-corrected chi connectivity index (χ3v) is 9.34. The zero-order chi connectivity index (χ0) is 33.5. The molecule has 8 aromatic rings. The van der Waals surface area contributed by atoms with Gasteiger partial charge in [0, 0.05) is 32.8 Å². The highest BCUT2D eigenvalue weighted by Crippen LogP contribution is 2.46. The number of fused-ring (bicyclic) bond motifs is 6. The van der Waals surface area contributed by atoms with Gasteiger partial charge in [0.25, 0.3) is 0 Å².